The maximum atomic E-state index is 12.5. The molecule has 298 valence electrons. The minimum absolute atomic E-state index is 0.0630. The Balaban J connectivity index is 3.95. The Labute approximate surface area is 308 Å². The van der Waals surface area contributed by atoms with Crippen LogP contribution in [-0.2, 0) is 66.8 Å². The highest BCUT2D eigenvalue weighted by Gasteiger charge is 2.36. The molecular weight excluding hydrogens is 680 g/mol. The Bertz CT molecular complexity index is 1070. The first-order chi connectivity index (χ1) is 24.3. The van der Waals surface area contributed by atoms with Gasteiger partial charge in [-0.1, -0.05) is 68.2 Å². The van der Waals surface area contributed by atoms with E-state index in [-0.39, 0.29) is 76.9 Å². The van der Waals surface area contributed by atoms with Gasteiger partial charge in [0.2, 0.25) is 0 Å². The van der Waals surface area contributed by atoms with E-state index in [1.165, 1.54) is 0 Å². The van der Waals surface area contributed by atoms with Crippen molar-refractivity contribution in [1.82, 2.24) is 0 Å². The Morgan fingerprint density at radius 2 is 0.635 bits per heavy atom. The molecular formula is C38H62O14. The number of carbonyl (C=O) groups is 8. The molecule has 0 rings (SSSR count). The lowest BCUT2D eigenvalue weighted by Crippen LogP contribution is -2.35. The lowest BCUT2D eigenvalue weighted by atomic mass is 9.81. The molecule has 2 atom stereocenters. The Morgan fingerprint density at radius 3 is 0.846 bits per heavy atom. The molecule has 0 saturated heterocycles. The van der Waals surface area contributed by atoms with Crippen molar-refractivity contribution in [2.24, 2.45) is 22.7 Å². The van der Waals surface area contributed by atoms with Crippen molar-refractivity contribution in [2.45, 2.75) is 132 Å². The molecule has 0 radical (unpaired) electrons. The van der Waals surface area contributed by atoms with Crippen molar-refractivity contribution in [3.8, 4) is 0 Å². The van der Waals surface area contributed by atoms with Gasteiger partial charge >= 0.3 is 35.8 Å². The van der Waals surface area contributed by atoms with Gasteiger partial charge in [0.15, 0.2) is 11.6 Å². The Kier molecular flexibility index (Phi) is 24.1. The first kappa shape index (κ1) is 48.2. The fourth-order valence-corrected chi connectivity index (χ4v) is 4.81. The number of ether oxygens (including phenoxy) is 6. The van der Waals surface area contributed by atoms with Crippen LogP contribution >= 0.6 is 0 Å². The normalized spacial score (nSPS) is 12.5. The first-order valence-corrected chi connectivity index (χ1v) is 18.4. The third kappa shape index (κ3) is 22.2. The third-order valence-corrected chi connectivity index (χ3v) is 7.65. The molecule has 0 aliphatic heterocycles. The molecule has 14 nitrogen and oxygen atoms in total. The van der Waals surface area contributed by atoms with Gasteiger partial charge in [0.05, 0.1) is 0 Å². The second kappa shape index (κ2) is 26.0. The molecule has 0 spiro atoms. The smallest absolute Gasteiger partial charge is 0.316 e. The second-order valence-electron chi connectivity index (χ2n) is 14.5. The average molecular weight is 743 g/mol. The van der Waals surface area contributed by atoms with E-state index < -0.39 is 58.5 Å². The molecule has 0 aromatic carbocycles. The summed E-state index contributed by atoms with van der Waals surface area (Å²) in [4.78, 5) is 97.4. The topological polar surface area (TPSA) is 192 Å². The molecule has 14 heteroatoms. The SMILES string of the molecule is CCCC(C(=O)OCCOC(=O)CCCCC(=O)OCCOC(=O)CCCCC(=O)OCCOC(=O)C(CCC)C(=O)C(C)(C)C)C(=O)C(C)(C)C. The summed E-state index contributed by atoms with van der Waals surface area (Å²) in [7, 11) is 0. The number of unbranched alkanes of at least 4 members (excludes halogenated alkanes) is 2. The molecule has 0 amide bonds. The molecule has 0 aromatic heterocycles. The monoisotopic (exact) mass is 742 g/mol. The van der Waals surface area contributed by atoms with Gasteiger partial charge in [-0.05, 0) is 38.5 Å². The van der Waals surface area contributed by atoms with Crippen molar-refractivity contribution >= 4 is 47.4 Å². The summed E-state index contributed by atoms with van der Waals surface area (Å²) < 4.78 is 30.5. The predicted octanol–water partition coefficient (Wildman–Crippen LogP) is 5.43. The van der Waals surface area contributed by atoms with Crippen LogP contribution in [0.5, 0.6) is 0 Å². The number of hydrogen-bond donors (Lipinski definition) is 0. The lowest BCUT2D eigenvalue weighted by Gasteiger charge is -2.23. The van der Waals surface area contributed by atoms with Crippen LogP contribution in [0.1, 0.15) is 132 Å². The standard InChI is InChI=1S/C38H62O14/c1-9-15-27(33(43)37(3,4)5)35(45)51-25-23-49-31(41)19-13-11-17-29(39)47-21-22-48-30(40)18-12-14-20-32(42)50-24-26-52-36(46)28(16-10-2)34(44)38(6,7)8/h27-28H,9-26H2,1-8H3. The van der Waals surface area contributed by atoms with Gasteiger partial charge in [0.25, 0.3) is 0 Å². The second-order valence-corrected chi connectivity index (χ2v) is 14.5. The van der Waals surface area contributed by atoms with Crippen LogP contribution in [0, 0.1) is 22.7 Å². The largest absolute Gasteiger partial charge is 0.462 e. The molecule has 2 unspecified atom stereocenters. The van der Waals surface area contributed by atoms with E-state index in [0.29, 0.717) is 51.4 Å². The van der Waals surface area contributed by atoms with E-state index >= 15 is 0 Å². The zero-order chi connectivity index (χ0) is 39.7. The third-order valence-electron chi connectivity index (χ3n) is 7.65. The number of hydrogen-bond acceptors (Lipinski definition) is 14. The Hall–Kier alpha value is -3.84. The van der Waals surface area contributed by atoms with Crippen molar-refractivity contribution in [3.05, 3.63) is 0 Å². The van der Waals surface area contributed by atoms with Crippen LogP contribution in [0.25, 0.3) is 0 Å². The molecule has 52 heavy (non-hydrogen) atoms. The molecule has 0 bridgehead atoms. The molecule has 0 N–H and O–H groups in total. The van der Waals surface area contributed by atoms with Crippen LogP contribution in [0.3, 0.4) is 0 Å². The van der Waals surface area contributed by atoms with Crippen LogP contribution in [0.15, 0.2) is 0 Å². The van der Waals surface area contributed by atoms with E-state index in [0.717, 1.165) is 0 Å². The zero-order valence-electron chi connectivity index (χ0n) is 32.6. The maximum absolute atomic E-state index is 12.5. The van der Waals surface area contributed by atoms with Gasteiger partial charge < -0.3 is 28.4 Å². The van der Waals surface area contributed by atoms with E-state index in [1.807, 2.05) is 13.8 Å². The number of carbonyl (C=O) groups excluding carboxylic acids is 8. The predicted molar refractivity (Wildman–Crippen MR) is 188 cm³/mol. The molecule has 0 saturated carbocycles. The molecule has 0 aliphatic carbocycles. The summed E-state index contributed by atoms with van der Waals surface area (Å²) in [5, 5.41) is 0. The fraction of sp³-hybridized carbons (Fsp3) is 0.789. The zero-order valence-corrected chi connectivity index (χ0v) is 32.6. The highest BCUT2D eigenvalue weighted by molar-refractivity contribution is 6.02. The van der Waals surface area contributed by atoms with Crippen LogP contribution < -0.4 is 0 Å². The minimum atomic E-state index is -0.847. The van der Waals surface area contributed by atoms with Crippen LogP contribution in [0.4, 0.5) is 0 Å². The maximum Gasteiger partial charge on any atom is 0.316 e. The molecule has 0 aromatic rings. The Morgan fingerprint density at radius 1 is 0.404 bits per heavy atom. The van der Waals surface area contributed by atoms with E-state index in [1.54, 1.807) is 41.5 Å². The number of esters is 6. The van der Waals surface area contributed by atoms with Crippen molar-refractivity contribution in [1.29, 1.82) is 0 Å². The summed E-state index contributed by atoms with van der Waals surface area (Å²) in [5.41, 5.74) is -1.35. The first-order valence-electron chi connectivity index (χ1n) is 18.4. The van der Waals surface area contributed by atoms with Crippen molar-refractivity contribution in [2.75, 3.05) is 39.6 Å². The van der Waals surface area contributed by atoms with Gasteiger partial charge in [-0.3, -0.25) is 38.4 Å². The minimum Gasteiger partial charge on any atom is -0.462 e. The van der Waals surface area contributed by atoms with Crippen molar-refractivity contribution < 1.29 is 66.8 Å². The quantitative estimate of drug-likeness (QED) is 0.0448. The number of Topliss-reactive ketones (excluding diaryl/α,β-unsaturated/α-hetero) is 2. The summed E-state index contributed by atoms with van der Waals surface area (Å²) in [6, 6.07) is 0. The van der Waals surface area contributed by atoms with Crippen LogP contribution in [-0.4, -0.2) is 87.0 Å². The summed E-state index contributed by atoms with van der Waals surface area (Å²) in [5.74, 6) is -5.33. The lowest BCUT2D eigenvalue weighted by molar-refractivity contribution is -0.159. The van der Waals surface area contributed by atoms with Gasteiger partial charge in [-0.15, -0.1) is 0 Å². The number of rotatable bonds is 27. The highest BCUT2D eigenvalue weighted by Crippen LogP contribution is 2.25. The van der Waals surface area contributed by atoms with Crippen LogP contribution in [0.2, 0.25) is 0 Å². The summed E-state index contributed by atoms with van der Waals surface area (Å²) in [6.45, 7) is 13.4. The van der Waals surface area contributed by atoms with E-state index in [9.17, 15) is 38.4 Å². The van der Waals surface area contributed by atoms with Gasteiger partial charge in [-0.25, -0.2) is 0 Å². The van der Waals surface area contributed by atoms with Gasteiger partial charge in [-0.2, -0.15) is 0 Å². The van der Waals surface area contributed by atoms with Gasteiger partial charge in [0.1, 0.15) is 51.5 Å². The number of ketones is 2. The molecule has 0 fully saturated rings. The fourth-order valence-electron chi connectivity index (χ4n) is 4.81. The van der Waals surface area contributed by atoms with E-state index in [4.69, 9.17) is 28.4 Å². The highest BCUT2D eigenvalue weighted by atomic mass is 16.6. The summed E-state index contributed by atoms with van der Waals surface area (Å²) in [6.07, 6.45) is 3.84. The van der Waals surface area contributed by atoms with Crippen molar-refractivity contribution in [3.63, 3.8) is 0 Å². The average Bonchev–Trinajstić information content (AvgIpc) is 3.07. The summed E-state index contributed by atoms with van der Waals surface area (Å²) >= 11 is 0. The molecule has 0 aliphatic rings. The van der Waals surface area contributed by atoms with E-state index in [2.05, 4.69) is 0 Å². The molecule has 0 heterocycles. The van der Waals surface area contributed by atoms with Gasteiger partial charge in [0, 0.05) is 36.5 Å².